The predicted molar refractivity (Wildman–Crippen MR) is 77.6 cm³/mol. The van der Waals surface area contributed by atoms with Crippen LogP contribution < -0.4 is 11.1 Å². The first-order valence-electron chi connectivity index (χ1n) is 6.82. The number of carbonyl (C=O) groups is 1. The van der Waals surface area contributed by atoms with Crippen LogP contribution in [-0.4, -0.2) is 23.5 Å². The molecule has 1 aliphatic carbocycles. The second-order valence-electron chi connectivity index (χ2n) is 4.95. The molecule has 1 aromatic heterocycles. The van der Waals surface area contributed by atoms with E-state index in [0.29, 0.717) is 11.6 Å². The summed E-state index contributed by atoms with van der Waals surface area (Å²) >= 11 is 1.24. The van der Waals surface area contributed by atoms with E-state index in [-0.39, 0.29) is 5.82 Å². The summed E-state index contributed by atoms with van der Waals surface area (Å²) in [5, 5.41) is 4.17. The highest BCUT2D eigenvalue weighted by Gasteiger charge is 2.22. The summed E-state index contributed by atoms with van der Waals surface area (Å²) in [5.41, 5.74) is 6.12. The molecule has 0 aromatic carbocycles. The molecule has 0 spiro atoms. The molecule has 106 valence electrons. The first-order chi connectivity index (χ1) is 9.22. The Hall–Kier alpha value is -1.30. The Labute approximate surface area is 117 Å². The topological polar surface area (TPSA) is 77.2 Å². The summed E-state index contributed by atoms with van der Waals surface area (Å²) in [6.07, 6.45) is 8.68. The highest BCUT2D eigenvalue weighted by Crippen LogP contribution is 2.30. The fraction of sp³-hybridized carbons (Fsp3) is 0.692. The Balaban J connectivity index is 2.07. The van der Waals surface area contributed by atoms with E-state index in [9.17, 15) is 4.79 Å². The molecule has 0 amide bonds. The van der Waals surface area contributed by atoms with Crippen molar-refractivity contribution in [3.63, 3.8) is 0 Å². The van der Waals surface area contributed by atoms with Crippen molar-refractivity contribution in [1.82, 2.24) is 4.37 Å². The van der Waals surface area contributed by atoms with Crippen LogP contribution in [0.5, 0.6) is 0 Å². The highest BCUT2D eigenvalue weighted by molar-refractivity contribution is 7.11. The van der Waals surface area contributed by atoms with E-state index in [2.05, 4.69) is 9.69 Å². The maximum atomic E-state index is 11.7. The van der Waals surface area contributed by atoms with Crippen molar-refractivity contribution >= 4 is 28.3 Å². The highest BCUT2D eigenvalue weighted by atomic mass is 32.1. The lowest BCUT2D eigenvalue weighted by Gasteiger charge is -2.21. The van der Waals surface area contributed by atoms with Crippen LogP contribution >= 0.6 is 11.5 Å². The van der Waals surface area contributed by atoms with Crippen LogP contribution in [0.25, 0.3) is 0 Å². The molecule has 1 aromatic rings. The lowest BCUT2D eigenvalue weighted by atomic mass is 9.97. The Bertz CT molecular complexity index is 426. The minimum Gasteiger partial charge on any atom is -0.465 e. The van der Waals surface area contributed by atoms with Gasteiger partial charge >= 0.3 is 5.97 Å². The van der Waals surface area contributed by atoms with Crippen molar-refractivity contribution in [2.75, 3.05) is 18.2 Å². The molecule has 0 unspecified atom stereocenters. The molecule has 1 fully saturated rings. The molecule has 0 bridgehead atoms. The average molecular weight is 283 g/mol. The van der Waals surface area contributed by atoms with E-state index < -0.39 is 5.97 Å². The molecule has 2 rings (SSSR count). The van der Waals surface area contributed by atoms with Crippen molar-refractivity contribution in [3.05, 3.63) is 5.56 Å². The van der Waals surface area contributed by atoms with Gasteiger partial charge in [-0.05, 0) is 24.4 Å². The summed E-state index contributed by atoms with van der Waals surface area (Å²) in [6, 6.07) is 0.406. The number of rotatable bonds is 3. The van der Waals surface area contributed by atoms with Crippen molar-refractivity contribution in [2.45, 2.75) is 51.0 Å². The number of hydrogen-bond acceptors (Lipinski definition) is 6. The number of nitrogens with one attached hydrogen (secondary N) is 1. The molecule has 3 N–H and O–H groups in total. The van der Waals surface area contributed by atoms with Crippen LogP contribution in [0.2, 0.25) is 0 Å². The van der Waals surface area contributed by atoms with Gasteiger partial charge in [0.1, 0.15) is 10.6 Å². The molecule has 0 radical (unpaired) electrons. The fourth-order valence-electron chi connectivity index (χ4n) is 2.49. The summed E-state index contributed by atoms with van der Waals surface area (Å²) in [5.74, 6) is -0.162. The molecule has 0 aliphatic heterocycles. The standard InChI is InChI=1S/C13H21N3O2S/c1-18-13(17)10-11(14)16-19-12(10)15-9-7-5-3-2-4-6-8-9/h9,15H,2-8H2,1H3,(H2,14,16). The molecule has 1 saturated carbocycles. The number of nitrogens with two attached hydrogens (primary N) is 1. The van der Waals surface area contributed by atoms with Gasteiger partial charge in [0, 0.05) is 6.04 Å². The van der Waals surface area contributed by atoms with E-state index >= 15 is 0 Å². The van der Waals surface area contributed by atoms with Crippen molar-refractivity contribution in [3.8, 4) is 0 Å². The van der Waals surface area contributed by atoms with Crippen LogP contribution in [0.3, 0.4) is 0 Å². The van der Waals surface area contributed by atoms with Crippen molar-refractivity contribution < 1.29 is 9.53 Å². The molecular weight excluding hydrogens is 262 g/mol. The van der Waals surface area contributed by atoms with Gasteiger partial charge in [-0.1, -0.05) is 32.1 Å². The third-order valence-electron chi connectivity index (χ3n) is 3.55. The normalized spacial score (nSPS) is 17.5. The zero-order chi connectivity index (χ0) is 13.7. The number of aromatic nitrogens is 1. The number of carbonyl (C=O) groups excluding carboxylic acids is 1. The van der Waals surface area contributed by atoms with Crippen LogP contribution in [0, 0.1) is 0 Å². The average Bonchev–Trinajstić information content (AvgIpc) is 2.73. The lowest BCUT2D eigenvalue weighted by Crippen LogP contribution is -2.21. The van der Waals surface area contributed by atoms with Crippen LogP contribution in [0.15, 0.2) is 0 Å². The van der Waals surface area contributed by atoms with E-state index in [1.165, 1.54) is 50.7 Å². The Morgan fingerprint density at radius 3 is 2.58 bits per heavy atom. The molecule has 1 aliphatic rings. The van der Waals surface area contributed by atoms with Crippen molar-refractivity contribution in [2.24, 2.45) is 0 Å². The molecule has 0 saturated heterocycles. The number of methoxy groups -OCH3 is 1. The molecule has 0 atom stereocenters. The minimum absolute atomic E-state index is 0.255. The monoisotopic (exact) mass is 283 g/mol. The Morgan fingerprint density at radius 1 is 1.32 bits per heavy atom. The lowest BCUT2D eigenvalue weighted by molar-refractivity contribution is 0.0603. The van der Waals surface area contributed by atoms with Crippen LogP contribution in [0.4, 0.5) is 10.8 Å². The fourth-order valence-corrected chi connectivity index (χ4v) is 3.27. The molecular formula is C13H21N3O2S. The van der Waals surface area contributed by atoms with E-state index in [1.807, 2.05) is 0 Å². The van der Waals surface area contributed by atoms with E-state index in [4.69, 9.17) is 10.5 Å². The van der Waals surface area contributed by atoms with Crippen LogP contribution in [-0.2, 0) is 4.74 Å². The Morgan fingerprint density at radius 2 is 1.95 bits per heavy atom. The number of nitrogen functional groups attached to an aromatic ring is 1. The third kappa shape index (κ3) is 3.59. The van der Waals surface area contributed by atoms with Gasteiger partial charge in [-0.3, -0.25) is 0 Å². The molecule has 6 heteroatoms. The maximum Gasteiger partial charge on any atom is 0.344 e. The van der Waals surface area contributed by atoms with Gasteiger partial charge < -0.3 is 15.8 Å². The number of hydrogen-bond donors (Lipinski definition) is 2. The SMILES string of the molecule is COC(=O)c1c(N)nsc1NC1CCCCCCC1. The van der Waals surface area contributed by atoms with Crippen molar-refractivity contribution in [1.29, 1.82) is 0 Å². The zero-order valence-electron chi connectivity index (χ0n) is 11.3. The van der Waals surface area contributed by atoms with Gasteiger partial charge in [0.2, 0.25) is 0 Å². The number of nitrogens with zero attached hydrogens (tertiary/aromatic N) is 1. The third-order valence-corrected chi connectivity index (χ3v) is 4.34. The van der Waals surface area contributed by atoms with Gasteiger partial charge in [-0.25, -0.2) is 4.79 Å². The summed E-state index contributed by atoms with van der Waals surface area (Å²) in [6.45, 7) is 0. The zero-order valence-corrected chi connectivity index (χ0v) is 12.1. The first kappa shape index (κ1) is 14.1. The van der Waals surface area contributed by atoms with Gasteiger partial charge in [-0.15, -0.1) is 0 Å². The van der Waals surface area contributed by atoms with Gasteiger partial charge in [0.05, 0.1) is 7.11 Å². The largest absolute Gasteiger partial charge is 0.465 e. The smallest absolute Gasteiger partial charge is 0.344 e. The summed E-state index contributed by atoms with van der Waals surface area (Å²) in [4.78, 5) is 11.7. The van der Waals surface area contributed by atoms with Crippen LogP contribution in [0.1, 0.15) is 55.3 Å². The number of esters is 1. The van der Waals surface area contributed by atoms with Gasteiger partial charge in [-0.2, -0.15) is 4.37 Å². The summed E-state index contributed by atoms with van der Waals surface area (Å²) < 4.78 is 8.81. The second kappa shape index (κ2) is 6.75. The number of anilines is 2. The van der Waals surface area contributed by atoms with Gasteiger partial charge in [0.15, 0.2) is 5.82 Å². The van der Waals surface area contributed by atoms with Gasteiger partial charge in [0.25, 0.3) is 0 Å². The maximum absolute atomic E-state index is 11.7. The molecule has 5 nitrogen and oxygen atoms in total. The second-order valence-corrected chi connectivity index (χ2v) is 5.72. The predicted octanol–water partition coefficient (Wildman–Crippen LogP) is 3.04. The molecule has 1 heterocycles. The van der Waals surface area contributed by atoms with E-state index in [1.54, 1.807) is 0 Å². The first-order valence-corrected chi connectivity index (χ1v) is 7.59. The summed E-state index contributed by atoms with van der Waals surface area (Å²) in [7, 11) is 1.36. The Kier molecular flexibility index (Phi) is 5.01. The molecule has 19 heavy (non-hydrogen) atoms. The minimum atomic E-state index is -0.417. The van der Waals surface area contributed by atoms with E-state index in [0.717, 1.165) is 17.8 Å². The number of ether oxygens (including phenoxy) is 1. The quantitative estimate of drug-likeness (QED) is 0.834.